The molecule has 1 amide bonds. The number of hydrogen-bond donors (Lipinski definition) is 1. The van der Waals surface area contributed by atoms with Crippen LogP contribution in [-0.4, -0.2) is 26.1 Å². The number of tetrazole rings is 1. The van der Waals surface area contributed by atoms with Crippen molar-refractivity contribution in [2.75, 3.05) is 5.32 Å². The second kappa shape index (κ2) is 9.33. The van der Waals surface area contributed by atoms with E-state index in [1.165, 1.54) is 4.80 Å². The highest BCUT2D eigenvalue weighted by molar-refractivity contribution is 5.90. The summed E-state index contributed by atoms with van der Waals surface area (Å²) in [6, 6.07) is 25.9. The zero-order valence-corrected chi connectivity index (χ0v) is 16.5. The molecule has 4 rings (SSSR count). The van der Waals surface area contributed by atoms with Gasteiger partial charge in [0, 0.05) is 17.3 Å². The molecule has 3 aromatic carbocycles. The van der Waals surface area contributed by atoms with E-state index >= 15 is 0 Å². The molecule has 0 radical (unpaired) electrons. The summed E-state index contributed by atoms with van der Waals surface area (Å²) in [5, 5.41) is 24.0. The van der Waals surface area contributed by atoms with Gasteiger partial charge in [0.25, 0.3) is 0 Å². The lowest BCUT2D eigenvalue weighted by Gasteiger charge is -2.09. The Kier molecular flexibility index (Phi) is 5.95. The van der Waals surface area contributed by atoms with Crippen molar-refractivity contribution in [1.29, 1.82) is 5.26 Å². The third-order valence-electron chi connectivity index (χ3n) is 4.35. The van der Waals surface area contributed by atoms with Crippen LogP contribution in [0.3, 0.4) is 0 Å². The summed E-state index contributed by atoms with van der Waals surface area (Å²) >= 11 is 0. The van der Waals surface area contributed by atoms with Crippen molar-refractivity contribution >= 4 is 11.6 Å². The fourth-order valence-corrected chi connectivity index (χ4v) is 2.90. The lowest BCUT2D eigenvalue weighted by Crippen LogP contribution is -2.20. The molecule has 8 nitrogen and oxygen atoms in total. The van der Waals surface area contributed by atoms with Crippen LogP contribution in [0.2, 0.25) is 0 Å². The van der Waals surface area contributed by atoms with E-state index in [4.69, 9.17) is 10.00 Å². The van der Waals surface area contributed by atoms with Gasteiger partial charge in [0.05, 0.1) is 11.6 Å². The number of aromatic nitrogens is 4. The molecule has 0 saturated heterocycles. The number of benzene rings is 3. The van der Waals surface area contributed by atoms with E-state index in [-0.39, 0.29) is 12.5 Å². The Labute approximate surface area is 178 Å². The van der Waals surface area contributed by atoms with Gasteiger partial charge in [-0.3, -0.25) is 4.79 Å². The van der Waals surface area contributed by atoms with E-state index in [1.807, 2.05) is 42.5 Å². The topological polar surface area (TPSA) is 106 Å². The minimum Gasteiger partial charge on any atom is -0.489 e. The maximum absolute atomic E-state index is 12.4. The minimum absolute atomic E-state index is 0.0636. The molecule has 8 heteroatoms. The third-order valence-corrected chi connectivity index (χ3v) is 4.35. The molecular weight excluding hydrogens is 392 g/mol. The van der Waals surface area contributed by atoms with E-state index in [0.29, 0.717) is 29.4 Å². The van der Waals surface area contributed by atoms with Crippen LogP contribution in [0.25, 0.3) is 11.4 Å². The van der Waals surface area contributed by atoms with Crippen molar-refractivity contribution in [3.8, 4) is 23.2 Å². The number of rotatable bonds is 7. The molecule has 0 aliphatic rings. The number of amides is 1. The highest BCUT2D eigenvalue weighted by Crippen LogP contribution is 2.19. The molecule has 0 saturated carbocycles. The van der Waals surface area contributed by atoms with Gasteiger partial charge in [-0.15, -0.1) is 10.2 Å². The van der Waals surface area contributed by atoms with Gasteiger partial charge in [0.2, 0.25) is 11.7 Å². The molecule has 1 N–H and O–H groups in total. The van der Waals surface area contributed by atoms with Gasteiger partial charge in [-0.05, 0) is 35.0 Å². The molecule has 0 unspecified atom stereocenters. The molecule has 0 bridgehead atoms. The van der Waals surface area contributed by atoms with Crippen LogP contribution in [0.1, 0.15) is 11.1 Å². The van der Waals surface area contributed by atoms with Crippen molar-refractivity contribution in [1.82, 2.24) is 20.2 Å². The van der Waals surface area contributed by atoms with E-state index in [0.717, 1.165) is 11.1 Å². The Balaban J connectivity index is 1.35. The van der Waals surface area contributed by atoms with Crippen LogP contribution in [0.15, 0.2) is 78.9 Å². The maximum Gasteiger partial charge on any atom is 0.248 e. The van der Waals surface area contributed by atoms with Crippen LogP contribution in [-0.2, 0) is 17.9 Å². The van der Waals surface area contributed by atoms with Crippen LogP contribution >= 0.6 is 0 Å². The maximum atomic E-state index is 12.4. The van der Waals surface area contributed by atoms with E-state index in [9.17, 15) is 4.79 Å². The first-order valence-corrected chi connectivity index (χ1v) is 9.54. The van der Waals surface area contributed by atoms with Gasteiger partial charge >= 0.3 is 0 Å². The summed E-state index contributed by atoms with van der Waals surface area (Å²) in [4.78, 5) is 13.6. The number of nitrogens with one attached hydrogen (secondary N) is 1. The van der Waals surface area contributed by atoms with E-state index in [2.05, 4.69) is 26.8 Å². The first-order valence-electron chi connectivity index (χ1n) is 9.54. The van der Waals surface area contributed by atoms with Crippen molar-refractivity contribution in [3.05, 3.63) is 90.0 Å². The Bertz CT molecular complexity index is 1230. The van der Waals surface area contributed by atoms with Crippen LogP contribution in [0.4, 0.5) is 5.69 Å². The molecule has 4 aromatic rings. The molecule has 0 aliphatic heterocycles. The molecule has 0 aliphatic carbocycles. The van der Waals surface area contributed by atoms with E-state index in [1.54, 1.807) is 36.4 Å². The number of hydrogen-bond acceptors (Lipinski definition) is 6. The van der Waals surface area contributed by atoms with Gasteiger partial charge in [-0.25, -0.2) is 0 Å². The SMILES string of the molecule is N#Cc1cccc(COc2cccc(NC(=O)Cn3nnc(-c4ccccc4)n3)c2)c1. The third kappa shape index (κ3) is 5.31. The highest BCUT2D eigenvalue weighted by atomic mass is 16.5. The molecule has 152 valence electrons. The second-order valence-corrected chi connectivity index (χ2v) is 6.69. The lowest BCUT2D eigenvalue weighted by molar-refractivity contribution is -0.117. The molecule has 1 heterocycles. The normalized spacial score (nSPS) is 10.3. The number of ether oxygens (including phenoxy) is 1. The second-order valence-electron chi connectivity index (χ2n) is 6.69. The first kappa shape index (κ1) is 19.8. The molecule has 0 spiro atoms. The first-order chi connectivity index (χ1) is 15.2. The van der Waals surface area contributed by atoms with E-state index < -0.39 is 0 Å². The predicted molar refractivity (Wildman–Crippen MR) is 114 cm³/mol. The Hall–Kier alpha value is -4.51. The molecule has 0 fully saturated rings. The average molecular weight is 410 g/mol. The zero-order chi connectivity index (χ0) is 21.5. The van der Waals surface area contributed by atoms with Crippen molar-refractivity contribution in [2.45, 2.75) is 13.2 Å². The standard InChI is InChI=1S/C23H18N6O2/c24-14-17-6-4-7-18(12-17)16-31-21-11-5-10-20(13-21)25-22(30)15-29-27-23(26-28-29)19-8-2-1-3-9-19/h1-13H,15-16H2,(H,25,30). The van der Waals surface area contributed by atoms with Crippen molar-refractivity contribution < 1.29 is 9.53 Å². The van der Waals surface area contributed by atoms with Gasteiger partial charge < -0.3 is 10.1 Å². The Morgan fingerprint density at radius 1 is 1.03 bits per heavy atom. The lowest BCUT2D eigenvalue weighted by atomic mass is 10.1. The number of anilines is 1. The molecule has 0 atom stereocenters. The summed E-state index contributed by atoms with van der Waals surface area (Å²) < 4.78 is 5.78. The van der Waals surface area contributed by atoms with Gasteiger partial charge in [0.1, 0.15) is 18.9 Å². The van der Waals surface area contributed by atoms with Crippen molar-refractivity contribution in [3.63, 3.8) is 0 Å². The number of nitrogens with zero attached hydrogens (tertiary/aromatic N) is 5. The van der Waals surface area contributed by atoms with Crippen LogP contribution in [0, 0.1) is 11.3 Å². The van der Waals surface area contributed by atoms with Gasteiger partial charge in [-0.2, -0.15) is 10.1 Å². The number of nitriles is 1. The van der Waals surface area contributed by atoms with Gasteiger partial charge in [0.15, 0.2) is 0 Å². The Morgan fingerprint density at radius 2 is 1.87 bits per heavy atom. The molecular formula is C23H18N6O2. The monoisotopic (exact) mass is 410 g/mol. The van der Waals surface area contributed by atoms with Gasteiger partial charge in [-0.1, -0.05) is 48.5 Å². The highest BCUT2D eigenvalue weighted by Gasteiger charge is 2.10. The fraction of sp³-hybridized carbons (Fsp3) is 0.0870. The number of carbonyl (C=O) groups excluding carboxylic acids is 1. The van der Waals surface area contributed by atoms with Crippen LogP contribution in [0.5, 0.6) is 5.75 Å². The summed E-state index contributed by atoms with van der Waals surface area (Å²) in [7, 11) is 0. The molecule has 1 aromatic heterocycles. The molecule has 31 heavy (non-hydrogen) atoms. The predicted octanol–water partition coefficient (Wildman–Crippen LogP) is 3.43. The zero-order valence-electron chi connectivity index (χ0n) is 16.5. The summed E-state index contributed by atoms with van der Waals surface area (Å²) in [5.74, 6) is 0.783. The Morgan fingerprint density at radius 3 is 2.71 bits per heavy atom. The smallest absolute Gasteiger partial charge is 0.248 e. The average Bonchev–Trinajstić information content (AvgIpc) is 3.27. The summed E-state index contributed by atoms with van der Waals surface area (Å²) in [6.07, 6.45) is 0. The van der Waals surface area contributed by atoms with Crippen molar-refractivity contribution in [2.24, 2.45) is 0 Å². The summed E-state index contributed by atoms with van der Waals surface area (Å²) in [6.45, 7) is 0.254. The number of carbonyl (C=O) groups is 1. The fourth-order valence-electron chi connectivity index (χ4n) is 2.90. The quantitative estimate of drug-likeness (QED) is 0.500. The minimum atomic E-state index is -0.282. The largest absolute Gasteiger partial charge is 0.489 e. The van der Waals surface area contributed by atoms with Crippen LogP contribution < -0.4 is 10.1 Å². The summed E-state index contributed by atoms with van der Waals surface area (Å²) in [5.41, 5.74) is 2.90.